The second-order valence-corrected chi connectivity index (χ2v) is 12.1. The van der Waals surface area contributed by atoms with Crippen LogP contribution in [0.1, 0.15) is 24.5 Å². The van der Waals surface area contributed by atoms with Gasteiger partial charge in [0.15, 0.2) is 31.3 Å². The van der Waals surface area contributed by atoms with E-state index in [0.29, 0.717) is 17.4 Å². The Hall–Kier alpha value is -2.85. The van der Waals surface area contributed by atoms with E-state index in [-0.39, 0.29) is 15.5 Å². The summed E-state index contributed by atoms with van der Waals surface area (Å²) in [5, 5.41) is 11.9. The fourth-order valence-corrected chi connectivity index (χ4v) is 8.38. The fraction of sp³-hybridized carbons (Fsp3) is 0.286. The Balaban J connectivity index is 1.63. The van der Waals surface area contributed by atoms with Gasteiger partial charge in [-0.3, -0.25) is 0 Å². The Morgan fingerprint density at radius 2 is 1.48 bits per heavy atom. The maximum atomic E-state index is 13.5. The van der Waals surface area contributed by atoms with Gasteiger partial charge in [0.1, 0.15) is 0 Å². The normalized spacial score (nSPS) is 24.8. The van der Waals surface area contributed by atoms with E-state index in [1.807, 2.05) is 0 Å². The largest absolute Gasteiger partial charge is 0.223 e. The van der Waals surface area contributed by atoms with Gasteiger partial charge in [-0.15, -0.1) is 10.2 Å². The molecule has 1 aromatic heterocycles. The summed E-state index contributed by atoms with van der Waals surface area (Å²) in [6, 6.07) is 16.3. The van der Waals surface area contributed by atoms with E-state index in [1.165, 1.54) is 16.8 Å². The molecule has 0 amide bonds. The van der Waals surface area contributed by atoms with Crippen LogP contribution in [-0.4, -0.2) is 48.4 Å². The molecule has 2 aliphatic rings. The zero-order chi connectivity index (χ0) is 22.0. The van der Waals surface area contributed by atoms with Crippen molar-refractivity contribution in [1.29, 1.82) is 0 Å². The first-order valence-corrected chi connectivity index (χ1v) is 12.9. The monoisotopic (exact) mass is 456 g/mol. The molecule has 31 heavy (non-hydrogen) atoms. The highest BCUT2D eigenvalue weighted by Gasteiger charge is 2.74. The van der Waals surface area contributed by atoms with Crippen molar-refractivity contribution in [3.8, 4) is 0 Å². The lowest BCUT2D eigenvalue weighted by atomic mass is 9.99. The van der Waals surface area contributed by atoms with Crippen molar-refractivity contribution < 1.29 is 16.8 Å². The van der Waals surface area contributed by atoms with Gasteiger partial charge in [-0.2, -0.15) is 5.10 Å². The quantitative estimate of drug-likeness (QED) is 0.582. The number of benzene rings is 2. The molecule has 0 bridgehead atoms. The first-order valence-electron chi connectivity index (χ1n) is 9.74. The Morgan fingerprint density at radius 1 is 0.903 bits per heavy atom. The minimum Gasteiger partial charge on any atom is -0.223 e. The third-order valence-corrected chi connectivity index (χ3v) is 10.2. The lowest BCUT2D eigenvalue weighted by Gasteiger charge is -2.20. The van der Waals surface area contributed by atoms with E-state index < -0.39 is 36.3 Å². The lowest BCUT2D eigenvalue weighted by molar-refractivity contribution is 0.586. The molecule has 1 fully saturated rings. The van der Waals surface area contributed by atoms with Crippen molar-refractivity contribution in [2.45, 2.75) is 34.8 Å². The molecular formula is C21H20N4O4S2. The number of hydrogen-bond donors (Lipinski definition) is 0. The highest BCUT2D eigenvalue weighted by atomic mass is 32.2. The first kappa shape index (κ1) is 20.1. The predicted octanol–water partition coefficient (Wildman–Crippen LogP) is 2.22. The van der Waals surface area contributed by atoms with E-state index in [2.05, 4.69) is 15.3 Å². The second kappa shape index (κ2) is 6.57. The zero-order valence-corrected chi connectivity index (χ0v) is 18.5. The van der Waals surface area contributed by atoms with Gasteiger partial charge in [0.25, 0.3) is 0 Å². The van der Waals surface area contributed by atoms with Crippen LogP contribution >= 0.6 is 0 Å². The molecule has 0 N–H and O–H groups in total. The predicted molar refractivity (Wildman–Crippen MR) is 114 cm³/mol. The van der Waals surface area contributed by atoms with Crippen LogP contribution in [0.4, 0.5) is 0 Å². The average molecular weight is 457 g/mol. The number of rotatable bonds is 5. The Kier molecular flexibility index (Phi) is 4.26. The average Bonchev–Trinajstić information content (AvgIpc) is 3.28. The molecule has 0 saturated heterocycles. The molecule has 1 aliphatic heterocycles. The summed E-state index contributed by atoms with van der Waals surface area (Å²) >= 11 is 0. The van der Waals surface area contributed by atoms with Crippen molar-refractivity contribution in [2.75, 3.05) is 5.75 Å². The highest BCUT2D eigenvalue weighted by Crippen LogP contribution is 2.65. The molecule has 1 saturated carbocycles. The van der Waals surface area contributed by atoms with Crippen molar-refractivity contribution in [2.24, 2.45) is 10.5 Å². The van der Waals surface area contributed by atoms with Gasteiger partial charge in [0.05, 0.1) is 32.4 Å². The molecule has 1 aliphatic carbocycles. The summed E-state index contributed by atoms with van der Waals surface area (Å²) in [4.78, 5) is 0.371. The summed E-state index contributed by atoms with van der Waals surface area (Å²) in [5.41, 5.74) is -0.673. The van der Waals surface area contributed by atoms with Crippen molar-refractivity contribution in [3.63, 3.8) is 0 Å². The van der Waals surface area contributed by atoms with Gasteiger partial charge in [-0.1, -0.05) is 43.3 Å². The fourth-order valence-electron chi connectivity index (χ4n) is 4.47. The highest BCUT2D eigenvalue weighted by molar-refractivity contribution is 7.93. The molecule has 3 aromatic rings. The summed E-state index contributed by atoms with van der Waals surface area (Å²) in [6.07, 6.45) is 0. The van der Waals surface area contributed by atoms with Crippen LogP contribution in [0.2, 0.25) is 0 Å². The van der Waals surface area contributed by atoms with Crippen molar-refractivity contribution >= 4 is 25.4 Å². The first-order chi connectivity index (χ1) is 14.7. The number of fused-ring (bicyclic) bond motifs is 3. The molecule has 8 nitrogen and oxygen atoms in total. The van der Waals surface area contributed by atoms with E-state index in [9.17, 15) is 16.8 Å². The van der Waals surface area contributed by atoms with Crippen molar-refractivity contribution in [1.82, 2.24) is 14.9 Å². The van der Waals surface area contributed by atoms with Gasteiger partial charge in [0.2, 0.25) is 0 Å². The number of sulfone groups is 2. The van der Waals surface area contributed by atoms with Gasteiger partial charge in [-0.25, -0.2) is 21.5 Å². The molecule has 160 valence electrons. The molecule has 10 heteroatoms. The van der Waals surface area contributed by atoms with Crippen molar-refractivity contribution in [3.05, 3.63) is 72.3 Å². The van der Waals surface area contributed by atoms with Gasteiger partial charge in [-0.05, 0) is 31.2 Å². The molecule has 2 heterocycles. The van der Waals surface area contributed by atoms with Crippen LogP contribution in [-0.2, 0) is 19.7 Å². The van der Waals surface area contributed by atoms with Crippen LogP contribution in [0.15, 0.2) is 75.6 Å². The van der Waals surface area contributed by atoms with Crippen LogP contribution in [0.3, 0.4) is 0 Å². The Labute approximate surface area is 180 Å². The maximum absolute atomic E-state index is 13.5. The molecule has 0 spiro atoms. The standard InChI is InChI=1S/C21H20N4O4S2/c1-14-22-23-20-18-19(31(28,29)16-11-7-4-8-12-16)21(18,2)17(24-25(14)20)13-30(26,27)15-9-5-3-6-10-15/h3-12,18-19H,13H2,1-2H3. The Morgan fingerprint density at radius 3 is 2.10 bits per heavy atom. The lowest BCUT2D eigenvalue weighted by Crippen LogP contribution is -2.31. The second-order valence-electron chi connectivity index (χ2n) is 8.08. The third-order valence-electron chi connectivity index (χ3n) is 6.21. The minimum absolute atomic E-state index is 0.173. The number of nitrogens with zero attached hydrogens (tertiary/aromatic N) is 4. The minimum atomic E-state index is -3.75. The Bertz CT molecular complexity index is 1410. The molecular weight excluding hydrogens is 436 g/mol. The van der Waals surface area contributed by atoms with E-state index >= 15 is 0 Å². The van der Waals surface area contributed by atoms with Gasteiger partial charge in [0, 0.05) is 5.41 Å². The van der Waals surface area contributed by atoms with Crippen LogP contribution in [0.25, 0.3) is 0 Å². The molecule has 3 atom stereocenters. The van der Waals surface area contributed by atoms with Gasteiger partial charge >= 0.3 is 0 Å². The SMILES string of the molecule is Cc1nnc2n1N=C(CS(=O)(=O)c1ccccc1)C1(C)C2C1S(=O)(=O)c1ccccc1. The van der Waals surface area contributed by atoms with E-state index in [1.54, 1.807) is 62.4 Å². The summed E-state index contributed by atoms with van der Waals surface area (Å²) in [5.74, 6) is 0.0409. The molecule has 3 unspecified atom stereocenters. The van der Waals surface area contributed by atoms with E-state index in [4.69, 9.17) is 0 Å². The van der Waals surface area contributed by atoms with Crippen LogP contribution in [0, 0.1) is 12.3 Å². The van der Waals surface area contributed by atoms with E-state index in [0.717, 1.165) is 0 Å². The third kappa shape index (κ3) is 2.89. The zero-order valence-electron chi connectivity index (χ0n) is 16.9. The topological polar surface area (TPSA) is 111 Å². The number of aromatic nitrogens is 3. The van der Waals surface area contributed by atoms with Crippen LogP contribution in [0.5, 0.6) is 0 Å². The summed E-state index contributed by atoms with van der Waals surface area (Å²) < 4.78 is 54.7. The van der Waals surface area contributed by atoms with Gasteiger partial charge < -0.3 is 0 Å². The molecule has 2 aromatic carbocycles. The number of hydrogen-bond acceptors (Lipinski definition) is 7. The summed E-state index contributed by atoms with van der Waals surface area (Å²) in [6.45, 7) is 3.46. The molecule has 5 rings (SSSR count). The molecule has 0 radical (unpaired) electrons. The smallest absolute Gasteiger partial charge is 0.183 e. The number of aryl methyl sites for hydroxylation is 1. The van der Waals surface area contributed by atoms with Crippen LogP contribution < -0.4 is 0 Å². The maximum Gasteiger partial charge on any atom is 0.183 e. The summed E-state index contributed by atoms with van der Waals surface area (Å²) in [7, 11) is -7.47.